The smallest absolute Gasteiger partial charge is 0.0507 e. The second-order valence-electron chi connectivity index (χ2n) is 5.91. The Kier molecular flexibility index (Phi) is 2.81. The van der Waals surface area contributed by atoms with Crippen molar-refractivity contribution in [2.75, 3.05) is 6.54 Å². The van der Waals surface area contributed by atoms with Crippen molar-refractivity contribution in [3.63, 3.8) is 0 Å². The number of nitrogens with one attached hydrogen (secondary N) is 1. The summed E-state index contributed by atoms with van der Waals surface area (Å²) in [6.07, 6.45) is 1.26. The van der Waals surface area contributed by atoms with E-state index in [1.54, 1.807) is 0 Å². The summed E-state index contributed by atoms with van der Waals surface area (Å²) in [4.78, 5) is 0. The summed E-state index contributed by atoms with van der Waals surface area (Å²) in [6.45, 7) is 7.51. The van der Waals surface area contributed by atoms with Gasteiger partial charge in [-0.1, -0.05) is 44.2 Å². The van der Waals surface area contributed by atoms with Crippen LogP contribution in [-0.4, -0.2) is 12.6 Å². The first-order valence-electron chi connectivity index (χ1n) is 6.00. The van der Waals surface area contributed by atoms with E-state index in [0.717, 1.165) is 6.54 Å². The molecule has 2 heteroatoms. The van der Waals surface area contributed by atoms with E-state index in [4.69, 9.17) is 5.73 Å². The van der Waals surface area contributed by atoms with Crippen LogP contribution in [0.2, 0.25) is 0 Å². The molecule has 1 aliphatic rings. The van der Waals surface area contributed by atoms with Gasteiger partial charge in [0, 0.05) is 12.6 Å². The highest BCUT2D eigenvalue weighted by Crippen LogP contribution is 2.44. The van der Waals surface area contributed by atoms with Gasteiger partial charge in [-0.05, 0) is 24.3 Å². The fraction of sp³-hybridized carbons (Fsp3) is 0.571. The molecular formula is C14H22N2. The minimum Gasteiger partial charge on any atom is -0.321 e. The fourth-order valence-corrected chi connectivity index (χ4v) is 2.07. The van der Waals surface area contributed by atoms with Crippen molar-refractivity contribution >= 4 is 0 Å². The molecule has 2 nitrogen and oxygen atoms in total. The molecule has 2 rings (SSSR count). The van der Waals surface area contributed by atoms with E-state index < -0.39 is 0 Å². The number of benzene rings is 1. The number of hydrogen-bond acceptors (Lipinski definition) is 2. The van der Waals surface area contributed by atoms with Crippen LogP contribution in [0.1, 0.15) is 32.8 Å². The quantitative estimate of drug-likeness (QED) is 0.813. The predicted molar refractivity (Wildman–Crippen MR) is 68.2 cm³/mol. The Morgan fingerprint density at radius 3 is 2.44 bits per heavy atom. The van der Waals surface area contributed by atoms with E-state index in [1.165, 1.54) is 12.0 Å². The molecule has 0 radical (unpaired) electrons. The zero-order valence-electron chi connectivity index (χ0n) is 10.5. The molecule has 0 aliphatic heterocycles. The van der Waals surface area contributed by atoms with Crippen LogP contribution in [0.3, 0.4) is 0 Å². The Morgan fingerprint density at radius 2 is 1.94 bits per heavy atom. The molecule has 88 valence electrons. The first kappa shape index (κ1) is 11.6. The lowest BCUT2D eigenvalue weighted by Crippen LogP contribution is -2.44. The van der Waals surface area contributed by atoms with E-state index in [-0.39, 0.29) is 5.54 Å². The molecule has 1 aromatic carbocycles. The third-order valence-corrected chi connectivity index (χ3v) is 3.66. The van der Waals surface area contributed by atoms with Crippen molar-refractivity contribution in [1.29, 1.82) is 0 Å². The van der Waals surface area contributed by atoms with Crippen molar-refractivity contribution in [3.05, 3.63) is 35.9 Å². The number of rotatable bonds is 4. The van der Waals surface area contributed by atoms with Crippen molar-refractivity contribution in [3.8, 4) is 0 Å². The van der Waals surface area contributed by atoms with Crippen molar-refractivity contribution < 1.29 is 0 Å². The van der Waals surface area contributed by atoms with E-state index in [1.807, 2.05) is 18.2 Å². The summed E-state index contributed by atoms with van der Waals surface area (Å²) in [5.74, 6) is 0. The van der Waals surface area contributed by atoms with Crippen LogP contribution in [-0.2, 0) is 5.54 Å². The van der Waals surface area contributed by atoms with E-state index in [2.05, 4.69) is 38.2 Å². The topological polar surface area (TPSA) is 38.0 Å². The van der Waals surface area contributed by atoms with Gasteiger partial charge in [-0.25, -0.2) is 0 Å². The van der Waals surface area contributed by atoms with Crippen LogP contribution in [0.15, 0.2) is 30.3 Å². The highest BCUT2D eigenvalue weighted by atomic mass is 15.0. The van der Waals surface area contributed by atoms with Crippen LogP contribution in [0, 0.1) is 5.41 Å². The van der Waals surface area contributed by atoms with E-state index in [9.17, 15) is 0 Å². The van der Waals surface area contributed by atoms with Gasteiger partial charge in [0.25, 0.3) is 0 Å². The monoisotopic (exact) mass is 218 g/mol. The van der Waals surface area contributed by atoms with Crippen LogP contribution in [0.25, 0.3) is 0 Å². The molecule has 2 atom stereocenters. The average Bonchev–Trinajstić information content (AvgIpc) is 2.85. The van der Waals surface area contributed by atoms with E-state index in [0.29, 0.717) is 11.5 Å². The van der Waals surface area contributed by atoms with Crippen LogP contribution in [0.4, 0.5) is 0 Å². The standard InChI is InChI=1S/C14H22N2/c1-13(2)9-12(13)16-10-14(3,15)11-7-5-4-6-8-11/h4-8,12,16H,9-10,15H2,1-3H3. The van der Waals surface area contributed by atoms with Gasteiger partial charge in [-0.15, -0.1) is 0 Å². The van der Waals surface area contributed by atoms with Gasteiger partial charge in [0.2, 0.25) is 0 Å². The molecule has 16 heavy (non-hydrogen) atoms. The number of nitrogens with two attached hydrogens (primary N) is 1. The lowest BCUT2D eigenvalue weighted by atomic mass is 9.93. The van der Waals surface area contributed by atoms with Crippen molar-refractivity contribution in [1.82, 2.24) is 5.32 Å². The highest BCUT2D eigenvalue weighted by molar-refractivity contribution is 5.23. The number of hydrogen-bond donors (Lipinski definition) is 2. The molecular weight excluding hydrogens is 196 g/mol. The Balaban J connectivity index is 1.93. The van der Waals surface area contributed by atoms with Crippen molar-refractivity contribution in [2.24, 2.45) is 11.1 Å². The molecule has 1 aromatic rings. The summed E-state index contributed by atoms with van der Waals surface area (Å²) in [7, 11) is 0. The average molecular weight is 218 g/mol. The first-order chi connectivity index (χ1) is 7.42. The summed E-state index contributed by atoms with van der Waals surface area (Å²) >= 11 is 0. The fourth-order valence-electron chi connectivity index (χ4n) is 2.07. The maximum absolute atomic E-state index is 6.34. The Hall–Kier alpha value is -0.860. The molecule has 0 heterocycles. The molecule has 0 amide bonds. The van der Waals surface area contributed by atoms with Gasteiger partial charge in [0.15, 0.2) is 0 Å². The zero-order valence-corrected chi connectivity index (χ0v) is 10.5. The normalized spacial score (nSPS) is 26.1. The van der Waals surface area contributed by atoms with Gasteiger partial charge in [0.05, 0.1) is 5.54 Å². The molecule has 3 N–H and O–H groups in total. The van der Waals surface area contributed by atoms with Crippen molar-refractivity contribution in [2.45, 2.75) is 38.8 Å². The maximum atomic E-state index is 6.34. The Morgan fingerprint density at radius 1 is 1.38 bits per heavy atom. The molecule has 0 saturated heterocycles. The maximum Gasteiger partial charge on any atom is 0.0507 e. The SMILES string of the molecule is CC(N)(CNC1CC1(C)C)c1ccccc1. The summed E-state index contributed by atoms with van der Waals surface area (Å²) in [5, 5.41) is 3.56. The molecule has 2 unspecified atom stereocenters. The summed E-state index contributed by atoms with van der Waals surface area (Å²) in [6, 6.07) is 10.9. The minimum atomic E-state index is -0.278. The van der Waals surface area contributed by atoms with Gasteiger partial charge >= 0.3 is 0 Å². The molecule has 1 fully saturated rings. The van der Waals surface area contributed by atoms with Crippen LogP contribution < -0.4 is 11.1 Å². The second-order valence-corrected chi connectivity index (χ2v) is 5.91. The van der Waals surface area contributed by atoms with Gasteiger partial charge < -0.3 is 11.1 Å². The van der Waals surface area contributed by atoms with Gasteiger partial charge in [-0.3, -0.25) is 0 Å². The lowest BCUT2D eigenvalue weighted by molar-refractivity contribution is 0.423. The molecule has 0 bridgehead atoms. The summed E-state index contributed by atoms with van der Waals surface area (Å²) in [5.41, 5.74) is 7.72. The largest absolute Gasteiger partial charge is 0.321 e. The van der Waals surface area contributed by atoms with Crippen LogP contribution >= 0.6 is 0 Å². The van der Waals surface area contributed by atoms with Gasteiger partial charge in [0.1, 0.15) is 0 Å². The van der Waals surface area contributed by atoms with E-state index >= 15 is 0 Å². The predicted octanol–water partition coefficient (Wildman–Crippen LogP) is 2.25. The van der Waals surface area contributed by atoms with Gasteiger partial charge in [-0.2, -0.15) is 0 Å². The molecule has 1 saturated carbocycles. The third-order valence-electron chi connectivity index (χ3n) is 3.66. The minimum absolute atomic E-state index is 0.278. The summed E-state index contributed by atoms with van der Waals surface area (Å²) < 4.78 is 0. The molecule has 0 aromatic heterocycles. The lowest BCUT2D eigenvalue weighted by Gasteiger charge is -2.26. The van der Waals surface area contributed by atoms with Crippen LogP contribution in [0.5, 0.6) is 0 Å². The third kappa shape index (κ3) is 2.45. The molecule has 0 spiro atoms. The molecule has 1 aliphatic carbocycles. The highest BCUT2D eigenvalue weighted by Gasteiger charge is 2.45. The Bertz CT molecular complexity index is 354. The zero-order chi connectivity index (χ0) is 11.8. The first-order valence-corrected chi connectivity index (χ1v) is 6.00. The Labute approximate surface area is 98.2 Å². The second kappa shape index (κ2) is 3.86.